The Kier molecular flexibility index (Phi) is 6.05. The van der Waals surface area contributed by atoms with Crippen molar-refractivity contribution < 1.29 is 19.4 Å². The molecule has 0 bridgehead atoms. The number of benzene rings is 1. The summed E-state index contributed by atoms with van der Waals surface area (Å²) in [7, 11) is 0. The summed E-state index contributed by atoms with van der Waals surface area (Å²) in [4.78, 5) is 10.9. The predicted octanol–water partition coefficient (Wildman–Crippen LogP) is 3.75. The Balaban J connectivity index is 1.63. The van der Waals surface area contributed by atoms with E-state index in [1.54, 1.807) is 24.3 Å². The molecule has 0 radical (unpaired) electrons. The van der Waals surface area contributed by atoms with E-state index < -0.39 is 5.97 Å². The van der Waals surface area contributed by atoms with Gasteiger partial charge in [-0.05, 0) is 37.0 Å². The first-order valence-corrected chi connectivity index (χ1v) is 7.73. The van der Waals surface area contributed by atoms with Crippen LogP contribution in [0.2, 0.25) is 0 Å². The Labute approximate surface area is 126 Å². The van der Waals surface area contributed by atoms with Gasteiger partial charge in [0.2, 0.25) is 0 Å². The second kappa shape index (κ2) is 8.03. The van der Waals surface area contributed by atoms with E-state index in [4.69, 9.17) is 14.6 Å². The molecule has 1 fully saturated rings. The van der Waals surface area contributed by atoms with Crippen LogP contribution in [0.25, 0.3) is 0 Å². The Bertz CT molecular complexity index is 458. The zero-order valence-electron chi connectivity index (χ0n) is 12.6. The van der Waals surface area contributed by atoms with Crippen molar-refractivity contribution in [2.24, 2.45) is 5.92 Å². The van der Waals surface area contributed by atoms with Crippen molar-refractivity contribution in [1.29, 1.82) is 0 Å². The molecular weight excluding hydrogens is 268 g/mol. The topological polar surface area (TPSA) is 55.8 Å². The molecule has 2 rings (SSSR count). The molecule has 1 aliphatic carbocycles. The number of carbonyl (C=O) groups is 1. The Hall–Kier alpha value is -1.55. The van der Waals surface area contributed by atoms with Crippen molar-refractivity contribution in [3.8, 4) is 5.75 Å². The Morgan fingerprint density at radius 2 is 2.19 bits per heavy atom. The average Bonchev–Trinajstić information content (AvgIpc) is 2.47. The van der Waals surface area contributed by atoms with Crippen molar-refractivity contribution in [2.45, 2.75) is 45.1 Å². The van der Waals surface area contributed by atoms with Gasteiger partial charge in [-0.1, -0.05) is 25.8 Å². The van der Waals surface area contributed by atoms with Crippen LogP contribution in [0.3, 0.4) is 0 Å². The Morgan fingerprint density at radius 1 is 1.33 bits per heavy atom. The molecule has 0 amide bonds. The van der Waals surface area contributed by atoms with E-state index in [1.807, 2.05) is 0 Å². The van der Waals surface area contributed by atoms with E-state index in [9.17, 15) is 4.79 Å². The van der Waals surface area contributed by atoms with Crippen LogP contribution in [0.15, 0.2) is 24.3 Å². The lowest BCUT2D eigenvalue weighted by atomic mass is 9.89. The molecule has 2 unspecified atom stereocenters. The molecular formula is C17H24O4. The van der Waals surface area contributed by atoms with Gasteiger partial charge in [-0.2, -0.15) is 0 Å². The number of ether oxygens (including phenoxy) is 2. The van der Waals surface area contributed by atoms with Crippen LogP contribution in [0.5, 0.6) is 5.75 Å². The van der Waals surface area contributed by atoms with E-state index in [-0.39, 0.29) is 5.56 Å². The van der Waals surface area contributed by atoms with Crippen molar-refractivity contribution in [3.05, 3.63) is 29.8 Å². The summed E-state index contributed by atoms with van der Waals surface area (Å²) in [5.74, 6) is 0.440. The maximum absolute atomic E-state index is 10.9. The minimum Gasteiger partial charge on any atom is -0.493 e. The standard InChI is InChI=1S/C17H24O4/c1-13-5-2-7-15(11-13)20-9-4-10-21-16-8-3-6-14(12-16)17(18)19/h3,6,8,12-13,15H,2,4-5,7,9-11H2,1H3,(H,18,19). The van der Waals surface area contributed by atoms with Crippen LogP contribution >= 0.6 is 0 Å². The SMILES string of the molecule is CC1CCCC(OCCCOc2cccc(C(=O)O)c2)C1. The van der Waals surface area contributed by atoms with Gasteiger partial charge in [-0.3, -0.25) is 0 Å². The molecule has 0 spiro atoms. The zero-order valence-corrected chi connectivity index (χ0v) is 12.6. The van der Waals surface area contributed by atoms with Crippen LogP contribution in [0.1, 0.15) is 49.4 Å². The number of aromatic carboxylic acids is 1. The van der Waals surface area contributed by atoms with Gasteiger partial charge in [-0.15, -0.1) is 0 Å². The smallest absolute Gasteiger partial charge is 0.335 e. The maximum Gasteiger partial charge on any atom is 0.335 e. The monoisotopic (exact) mass is 292 g/mol. The predicted molar refractivity (Wildman–Crippen MR) is 80.9 cm³/mol. The molecule has 0 saturated heterocycles. The van der Waals surface area contributed by atoms with Crippen molar-refractivity contribution >= 4 is 5.97 Å². The summed E-state index contributed by atoms with van der Waals surface area (Å²) < 4.78 is 11.4. The second-order valence-electron chi connectivity index (χ2n) is 5.80. The van der Waals surface area contributed by atoms with Gasteiger partial charge in [-0.25, -0.2) is 4.79 Å². The van der Waals surface area contributed by atoms with Gasteiger partial charge in [0.1, 0.15) is 5.75 Å². The summed E-state index contributed by atoms with van der Waals surface area (Å²) in [5, 5.41) is 8.91. The molecule has 1 aromatic carbocycles. The van der Waals surface area contributed by atoms with E-state index in [0.29, 0.717) is 25.1 Å². The van der Waals surface area contributed by atoms with Crippen LogP contribution < -0.4 is 4.74 Å². The fourth-order valence-corrected chi connectivity index (χ4v) is 2.75. The van der Waals surface area contributed by atoms with Gasteiger partial charge >= 0.3 is 5.97 Å². The molecule has 21 heavy (non-hydrogen) atoms. The van der Waals surface area contributed by atoms with Crippen molar-refractivity contribution in [3.63, 3.8) is 0 Å². The van der Waals surface area contributed by atoms with Crippen LogP contribution in [0, 0.1) is 5.92 Å². The normalized spacial score (nSPS) is 22.0. The lowest BCUT2D eigenvalue weighted by Crippen LogP contribution is -2.22. The van der Waals surface area contributed by atoms with Gasteiger partial charge in [0.15, 0.2) is 0 Å². The number of rotatable bonds is 7. The third-order valence-corrected chi connectivity index (χ3v) is 3.88. The first-order valence-electron chi connectivity index (χ1n) is 7.73. The highest BCUT2D eigenvalue weighted by Crippen LogP contribution is 2.25. The van der Waals surface area contributed by atoms with Gasteiger partial charge in [0.05, 0.1) is 24.9 Å². The van der Waals surface area contributed by atoms with E-state index in [2.05, 4.69) is 6.92 Å². The van der Waals surface area contributed by atoms with Crippen molar-refractivity contribution in [1.82, 2.24) is 0 Å². The summed E-state index contributed by atoms with van der Waals surface area (Å²) in [6, 6.07) is 6.57. The number of carboxylic acid groups (broad SMARTS) is 1. The highest BCUT2D eigenvalue weighted by atomic mass is 16.5. The molecule has 1 saturated carbocycles. The largest absolute Gasteiger partial charge is 0.493 e. The van der Waals surface area contributed by atoms with Crippen LogP contribution in [-0.2, 0) is 4.74 Å². The molecule has 1 aromatic rings. The minimum atomic E-state index is -0.935. The summed E-state index contributed by atoms with van der Waals surface area (Å²) in [5.41, 5.74) is 0.250. The van der Waals surface area contributed by atoms with Crippen molar-refractivity contribution in [2.75, 3.05) is 13.2 Å². The maximum atomic E-state index is 10.9. The van der Waals surface area contributed by atoms with E-state index >= 15 is 0 Å². The average molecular weight is 292 g/mol. The van der Waals surface area contributed by atoms with E-state index in [0.717, 1.165) is 12.3 Å². The molecule has 4 heteroatoms. The summed E-state index contributed by atoms with van der Waals surface area (Å²) in [6.07, 6.45) is 6.16. The Morgan fingerprint density at radius 3 is 2.95 bits per heavy atom. The molecule has 4 nitrogen and oxygen atoms in total. The van der Waals surface area contributed by atoms with Crippen LogP contribution in [-0.4, -0.2) is 30.4 Å². The minimum absolute atomic E-state index is 0.250. The van der Waals surface area contributed by atoms with Gasteiger partial charge in [0.25, 0.3) is 0 Å². The number of hydrogen-bond acceptors (Lipinski definition) is 3. The third-order valence-electron chi connectivity index (χ3n) is 3.88. The summed E-state index contributed by atoms with van der Waals surface area (Å²) in [6.45, 7) is 3.54. The third kappa shape index (κ3) is 5.38. The molecule has 0 aromatic heterocycles. The quantitative estimate of drug-likeness (QED) is 0.778. The fourth-order valence-electron chi connectivity index (χ4n) is 2.75. The number of carboxylic acids is 1. The highest BCUT2D eigenvalue weighted by molar-refractivity contribution is 5.87. The molecule has 2 atom stereocenters. The van der Waals surface area contributed by atoms with Gasteiger partial charge < -0.3 is 14.6 Å². The van der Waals surface area contributed by atoms with E-state index in [1.165, 1.54) is 25.7 Å². The number of hydrogen-bond donors (Lipinski definition) is 1. The molecule has 0 aliphatic heterocycles. The molecule has 1 N–H and O–H groups in total. The second-order valence-corrected chi connectivity index (χ2v) is 5.80. The lowest BCUT2D eigenvalue weighted by Gasteiger charge is -2.26. The lowest BCUT2D eigenvalue weighted by molar-refractivity contribution is 0.0106. The molecule has 116 valence electrons. The first-order chi connectivity index (χ1) is 10.1. The summed E-state index contributed by atoms with van der Waals surface area (Å²) >= 11 is 0. The van der Waals surface area contributed by atoms with Crippen LogP contribution in [0.4, 0.5) is 0 Å². The highest BCUT2D eigenvalue weighted by Gasteiger charge is 2.18. The molecule has 0 heterocycles. The molecule has 1 aliphatic rings. The zero-order chi connectivity index (χ0) is 15.1. The first kappa shape index (κ1) is 15.8. The fraction of sp³-hybridized carbons (Fsp3) is 0.588. The van der Waals surface area contributed by atoms with Gasteiger partial charge in [0, 0.05) is 6.42 Å².